The number of amides is 1. The number of carbonyl (C=O) groups excluding carboxylic acids is 2. The molecule has 1 atom stereocenters. The van der Waals surface area contributed by atoms with Crippen LogP contribution in [0.3, 0.4) is 0 Å². The van der Waals surface area contributed by atoms with Crippen LogP contribution in [0.2, 0.25) is 0 Å². The number of methoxy groups -OCH3 is 1. The summed E-state index contributed by atoms with van der Waals surface area (Å²) in [6.07, 6.45) is 1.42. The number of nitrogens with one attached hydrogen (secondary N) is 1. The number of hydrogen-bond acceptors (Lipinski definition) is 5. The second-order valence-electron chi connectivity index (χ2n) is 3.78. The molecule has 6 heteroatoms. The van der Waals surface area contributed by atoms with Gasteiger partial charge in [0.25, 0.3) is 0 Å². The van der Waals surface area contributed by atoms with E-state index in [2.05, 4.69) is 5.32 Å². The van der Waals surface area contributed by atoms with E-state index in [-0.39, 0.29) is 6.61 Å². The SMILES string of the molecule is CCCOC(=O)C(CCC)NC(=O)OCCOC. The van der Waals surface area contributed by atoms with E-state index < -0.39 is 18.1 Å². The summed E-state index contributed by atoms with van der Waals surface area (Å²) in [5.74, 6) is -0.414. The van der Waals surface area contributed by atoms with Crippen LogP contribution in [0.1, 0.15) is 33.1 Å². The smallest absolute Gasteiger partial charge is 0.407 e. The molecule has 0 saturated heterocycles. The summed E-state index contributed by atoms with van der Waals surface area (Å²) in [5, 5.41) is 2.49. The van der Waals surface area contributed by atoms with E-state index in [1.807, 2.05) is 13.8 Å². The number of esters is 1. The molecule has 0 aromatic heterocycles. The van der Waals surface area contributed by atoms with E-state index in [1.165, 1.54) is 7.11 Å². The Morgan fingerprint density at radius 1 is 1.06 bits per heavy atom. The van der Waals surface area contributed by atoms with Crippen LogP contribution in [0.5, 0.6) is 0 Å². The van der Waals surface area contributed by atoms with Gasteiger partial charge in [0, 0.05) is 7.11 Å². The van der Waals surface area contributed by atoms with Gasteiger partial charge >= 0.3 is 12.1 Å². The minimum atomic E-state index is -0.642. The zero-order valence-electron chi connectivity index (χ0n) is 11.4. The Bertz CT molecular complexity index is 245. The van der Waals surface area contributed by atoms with Gasteiger partial charge in [0.2, 0.25) is 0 Å². The maximum absolute atomic E-state index is 11.6. The summed E-state index contributed by atoms with van der Waals surface area (Å²) in [7, 11) is 1.52. The molecule has 106 valence electrons. The van der Waals surface area contributed by atoms with Crippen LogP contribution in [0.15, 0.2) is 0 Å². The van der Waals surface area contributed by atoms with Crippen LogP contribution in [0, 0.1) is 0 Å². The Hall–Kier alpha value is -1.30. The third kappa shape index (κ3) is 7.89. The van der Waals surface area contributed by atoms with Gasteiger partial charge in [-0.1, -0.05) is 20.3 Å². The van der Waals surface area contributed by atoms with Gasteiger partial charge in [-0.05, 0) is 12.8 Å². The van der Waals surface area contributed by atoms with Crippen molar-refractivity contribution < 1.29 is 23.8 Å². The summed E-state index contributed by atoms with van der Waals surface area (Å²) in [5.41, 5.74) is 0. The monoisotopic (exact) mass is 261 g/mol. The standard InChI is InChI=1S/C12H23NO5/c1-4-6-10(11(14)17-7-5-2)13-12(15)18-9-8-16-3/h10H,4-9H2,1-3H3,(H,13,15). The van der Waals surface area contributed by atoms with Gasteiger partial charge in [-0.25, -0.2) is 9.59 Å². The fraction of sp³-hybridized carbons (Fsp3) is 0.833. The van der Waals surface area contributed by atoms with Crippen LogP contribution < -0.4 is 5.32 Å². The highest BCUT2D eigenvalue weighted by atomic mass is 16.6. The Labute approximate surface area is 108 Å². The first-order valence-electron chi connectivity index (χ1n) is 6.24. The largest absolute Gasteiger partial charge is 0.464 e. The van der Waals surface area contributed by atoms with Crippen molar-refractivity contribution in [1.82, 2.24) is 5.32 Å². The van der Waals surface area contributed by atoms with E-state index in [0.717, 1.165) is 12.8 Å². The Morgan fingerprint density at radius 3 is 2.33 bits per heavy atom. The maximum Gasteiger partial charge on any atom is 0.407 e. The first kappa shape index (κ1) is 16.7. The number of alkyl carbamates (subject to hydrolysis) is 1. The van der Waals surface area contributed by atoms with E-state index in [9.17, 15) is 9.59 Å². The molecule has 0 aliphatic carbocycles. The van der Waals surface area contributed by atoms with Crippen molar-refractivity contribution in [3.63, 3.8) is 0 Å². The molecule has 0 aromatic carbocycles. The zero-order chi connectivity index (χ0) is 13.8. The molecule has 0 fully saturated rings. The average molecular weight is 261 g/mol. The van der Waals surface area contributed by atoms with E-state index >= 15 is 0 Å². The average Bonchev–Trinajstić information content (AvgIpc) is 2.35. The second-order valence-corrected chi connectivity index (χ2v) is 3.78. The highest BCUT2D eigenvalue weighted by molar-refractivity contribution is 5.81. The van der Waals surface area contributed by atoms with Crippen molar-refractivity contribution in [2.45, 2.75) is 39.2 Å². The predicted molar refractivity (Wildman–Crippen MR) is 66.3 cm³/mol. The predicted octanol–water partition coefficient (Wildman–Crippen LogP) is 1.48. The van der Waals surface area contributed by atoms with Crippen molar-refractivity contribution >= 4 is 12.1 Å². The minimum absolute atomic E-state index is 0.158. The summed E-state index contributed by atoms with van der Waals surface area (Å²) in [6, 6.07) is -0.642. The van der Waals surface area contributed by atoms with Crippen LogP contribution >= 0.6 is 0 Å². The van der Waals surface area contributed by atoms with Crippen LogP contribution in [0.4, 0.5) is 4.79 Å². The molecule has 0 radical (unpaired) electrons. The molecular weight excluding hydrogens is 238 g/mol. The van der Waals surface area contributed by atoms with Crippen molar-refractivity contribution in [1.29, 1.82) is 0 Å². The van der Waals surface area contributed by atoms with E-state index in [1.54, 1.807) is 0 Å². The first-order chi connectivity index (χ1) is 8.65. The van der Waals surface area contributed by atoms with Crippen molar-refractivity contribution in [3.05, 3.63) is 0 Å². The molecule has 1 N–H and O–H groups in total. The molecular formula is C12H23NO5. The second kappa shape index (κ2) is 10.8. The van der Waals surface area contributed by atoms with Gasteiger partial charge < -0.3 is 19.5 Å². The molecule has 18 heavy (non-hydrogen) atoms. The van der Waals surface area contributed by atoms with Crippen molar-refractivity contribution in [3.8, 4) is 0 Å². The summed E-state index contributed by atoms with van der Waals surface area (Å²) >= 11 is 0. The molecule has 6 nitrogen and oxygen atoms in total. The molecule has 0 aromatic rings. The van der Waals surface area contributed by atoms with Gasteiger partial charge in [-0.2, -0.15) is 0 Å². The quantitative estimate of drug-likeness (QED) is 0.502. The van der Waals surface area contributed by atoms with Crippen LogP contribution in [0.25, 0.3) is 0 Å². The third-order valence-electron chi connectivity index (χ3n) is 2.12. The number of carbonyl (C=O) groups is 2. The topological polar surface area (TPSA) is 73.9 Å². The molecule has 0 saturated carbocycles. The molecule has 0 bridgehead atoms. The lowest BCUT2D eigenvalue weighted by Gasteiger charge is -2.16. The highest BCUT2D eigenvalue weighted by Crippen LogP contribution is 2.01. The molecule has 0 aliphatic heterocycles. The first-order valence-corrected chi connectivity index (χ1v) is 6.24. The molecule has 1 amide bonds. The molecule has 0 aliphatic rings. The van der Waals surface area contributed by atoms with Crippen LogP contribution in [-0.2, 0) is 19.0 Å². The summed E-state index contributed by atoms with van der Waals surface area (Å²) in [6.45, 7) is 4.68. The van der Waals surface area contributed by atoms with Gasteiger partial charge in [0.15, 0.2) is 0 Å². The van der Waals surface area contributed by atoms with Gasteiger partial charge in [-0.15, -0.1) is 0 Å². The van der Waals surface area contributed by atoms with Crippen LogP contribution in [-0.4, -0.2) is 45.0 Å². The summed E-state index contributed by atoms with van der Waals surface area (Å²) in [4.78, 5) is 23.0. The lowest BCUT2D eigenvalue weighted by atomic mass is 10.2. The third-order valence-corrected chi connectivity index (χ3v) is 2.12. The Kier molecular flexibility index (Phi) is 10.0. The number of rotatable bonds is 9. The molecule has 1 unspecified atom stereocenters. The molecule has 0 heterocycles. The van der Waals surface area contributed by atoms with Gasteiger partial charge in [0.05, 0.1) is 13.2 Å². The normalized spacial score (nSPS) is 11.7. The fourth-order valence-electron chi connectivity index (χ4n) is 1.24. The minimum Gasteiger partial charge on any atom is -0.464 e. The lowest BCUT2D eigenvalue weighted by molar-refractivity contribution is -0.146. The Balaban J connectivity index is 4.08. The van der Waals surface area contributed by atoms with Gasteiger partial charge in [0.1, 0.15) is 12.6 Å². The molecule has 0 rings (SSSR count). The van der Waals surface area contributed by atoms with Crippen molar-refractivity contribution in [2.24, 2.45) is 0 Å². The fourth-order valence-corrected chi connectivity index (χ4v) is 1.24. The Morgan fingerprint density at radius 2 is 1.78 bits per heavy atom. The van der Waals surface area contributed by atoms with E-state index in [0.29, 0.717) is 19.6 Å². The van der Waals surface area contributed by atoms with Crippen molar-refractivity contribution in [2.75, 3.05) is 26.9 Å². The van der Waals surface area contributed by atoms with E-state index in [4.69, 9.17) is 14.2 Å². The number of ether oxygens (including phenoxy) is 3. The summed E-state index contributed by atoms with van der Waals surface area (Å²) < 4.78 is 14.6. The van der Waals surface area contributed by atoms with Gasteiger partial charge in [-0.3, -0.25) is 0 Å². The lowest BCUT2D eigenvalue weighted by Crippen LogP contribution is -2.42. The highest BCUT2D eigenvalue weighted by Gasteiger charge is 2.21. The molecule has 0 spiro atoms. The zero-order valence-corrected chi connectivity index (χ0v) is 11.4. The maximum atomic E-state index is 11.6. The number of hydrogen-bond donors (Lipinski definition) is 1.